The Balaban J connectivity index is 2.20. The maximum Gasteiger partial charge on any atom is 0.175 e. The Morgan fingerprint density at radius 2 is 2.44 bits per heavy atom. The number of hydrogen-bond acceptors (Lipinski definition) is 3. The summed E-state index contributed by atoms with van der Waals surface area (Å²) in [5.74, 6) is 0. The van der Waals surface area contributed by atoms with Gasteiger partial charge in [-0.2, -0.15) is 5.10 Å². The van der Waals surface area contributed by atoms with E-state index in [9.17, 15) is 5.11 Å². The molecule has 16 heavy (non-hydrogen) atoms. The SMILES string of the molecule is CCCn1cc(C(O)c2ccoc2Br)cn1. The molecule has 4 nitrogen and oxygen atoms in total. The van der Waals surface area contributed by atoms with Gasteiger partial charge in [-0.05, 0) is 28.4 Å². The molecule has 0 fully saturated rings. The number of hydrogen-bond donors (Lipinski definition) is 1. The van der Waals surface area contributed by atoms with Gasteiger partial charge in [0.25, 0.3) is 0 Å². The maximum atomic E-state index is 10.1. The predicted molar refractivity (Wildman–Crippen MR) is 63.0 cm³/mol. The summed E-state index contributed by atoms with van der Waals surface area (Å²) < 4.78 is 7.48. The zero-order valence-electron chi connectivity index (χ0n) is 8.93. The molecule has 1 atom stereocenters. The van der Waals surface area contributed by atoms with Crippen molar-refractivity contribution >= 4 is 15.9 Å². The van der Waals surface area contributed by atoms with Crippen LogP contribution in [0.4, 0.5) is 0 Å². The Kier molecular flexibility index (Phi) is 3.46. The lowest BCUT2D eigenvalue weighted by Crippen LogP contribution is -1.98. The quantitative estimate of drug-likeness (QED) is 0.939. The molecule has 1 N–H and O–H groups in total. The van der Waals surface area contributed by atoms with Crippen LogP contribution in [-0.2, 0) is 6.54 Å². The van der Waals surface area contributed by atoms with Crippen molar-refractivity contribution in [1.29, 1.82) is 0 Å². The molecule has 2 aromatic rings. The predicted octanol–water partition coefficient (Wildman–Crippen LogP) is 2.73. The number of aryl methyl sites for hydroxylation is 1. The van der Waals surface area contributed by atoms with Gasteiger partial charge in [0.1, 0.15) is 6.10 Å². The summed E-state index contributed by atoms with van der Waals surface area (Å²) in [6, 6.07) is 1.74. The molecular formula is C11H13BrN2O2. The second-order valence-electron chi connectivity index (χ2n) is 3.59. The fraction of sp³-hybridized carbons (Fsp3) is 0.364. The van der Waals surface area contributed by atoms with Crippen molar-refractivity contribution in [2.45, 2.75) is 26.0 Å². The smallest absolute Gasteiger partial charge is 0.175 e. The molecule has 2 heterocycles. The first-order chi connectivity index (χ1) is 7.72. The van der Waals surface area contributed by atoms with Gasteiger partial charge in [-0.25, -0.2) is 0 Å². The van der Waals surface area contributed by atoms with E-state index in [1.165, 1.54) is 0 Å². The average Bonchev–Trinajstić information content (AvgIpc) is 2.87. The molecule has 0 saturated heterocycles. The van der Waals surface area contributed by atoms with Crippen molar-refractivity contribution in [3.05, 3.63) is 40.5 Å². The van der Waals surface area contributed by atoms with Crippen LogP contribution in [0.15, 0.2) is 33.8 Å². The largest absolute Gasteiger partial charge is 0.457 e. The highest BCUT2D eigenvalue weighted by molar-refractivity contribution is 9.10. The second-order valence-corrected chi connectivity index (χ2v) is 4.31. The molecule has 2 aromatic heterocycles. The molecule has 0 bridgehead atoms. The second kappa shape index (κ2) is 4.84. The van der Waals surface area contributed by atoms with E-state index < -0.39 is 6.10 Å². The fourth-order valence-electron chi connectivity index (χ4n) is 1.55. The first-order valence-electron chi connectivity index (χ1n) is 5.15. The van der Waals surface area contributed by atoms with E-state index in [-0.39, 0.29) is 0 Å². The van der Waals surface area contributed by atoms with E-state index in [0.29, 0.717) is 4.67 Å². The summed E-state index contributed by atoms with van der Waals surface area (Å²) in [5.41, 5.74) is 1.49. The zero-order valence-corrected chi connectivity index (χ0v) is 10.5. The number of furan rings is 1. The van der Waals surface area contributed by atoms with Gasteiger partial charge >= 0.3 is 0 Å². The van der Waals surface area contributed by atoms with Crippen LogP contribution in [-0.4, -0.2) is 14.9 Å². The minimum Gasteiger partial charge on any atom is -0.457 e. The third kappa shape index (κ3) is 2.20. The van der Waals surface area contributed by atoms with Gasteiger partial charge in [0, 0.05) is 23.9 Å². The maximum absolute atomic E-state index is 10.1. The topological polar surface area (TPSA) is 51.2 Å². The fourth-order valence-corrected chi connectivity index (χ4v) is 2.01. The van der Waals surface area contributed by atoms with Gasteiger partial charge in [0.05, 0.1) is 12.5 Å². The molecular weight excluding hydrogens is 272 g/mol. The molecule has 0 saturated carbocycles. The van der Waals surface area contributed by atoms with Crippen molar-refractivity contribution in [1.82, 2.24) is 9.78 Å². The Bertz CT molecular complexity index is 464. The van der Waals surface area contributed by atoms with Gasteiger partial charge in [-0.15, -0.1) is 0 Å². The Morgan fingerprint density at radius 1 is 1.62 bits per heavy atom. The summed E-state index contributed by atoms with van der Waals surface area (Å²) in [7, 11) is 0. The van der Waals surface area contributed by atoms with Crippen molar-refractivity contribution in [3.8, 4) is 0 Å². The highest BCUT2D eigenvalue weighted by Crippen LogP contribution is 2.28. The van der Waals surface area contributed by atoms with Gasteiger partial charge < -0.3 is 9.52 Å². The van der Waals surface area contributed by atoms with E-state index in [4.69, 9.17) is 4.42 Å². The van der Waals surface area contributed by atoms with Crippen LogP contribution in [0.1, 0.15) is 30.6 Å². The number of nitrogens with zero attached hydrogens (tertiary/aromatic N) is 2. The van der Waals surface area contributed by atoms with Crippen LogP contribution in [0.2, 0.25) is 0 Å². The summed E-state index contributed by atoms with van der Waals surface area (Å²) >= 11 is 3.25. The summed E-state index contributed by atoms with van der Waals surface area (Å²) in [6.07, 6.45) is 5.40. The molecule has 0 spiro atoms. The Hall–Kier alpha value is -1.07. The van der Waals surface area contributed by atoms with E-state index in [2.05, 4.69) is 28.0 Å². The third-order valence-corrected chi connectivity index (χ3v) is 3.01. The molecule has 0 radical (unpaired) electrons. The standard InChI is InChI=1S/C11H13BrN2O2/c1-2-4-14-7-8(6-13-14)10(15)9-3-5-16-11(9)12/h3,5-7,10,15H,2,4H2,1H3. The highest BCUT2D eigenvalue weighted by Gasteiger charge is 2.17. The lowest BCUT2D eigenvalue weighted by atomic mass is 10.1. The highest BCUT2D eigenvalue weighted by atomic mass is 79.9. The van der Waals surface area contributed by atoms with Gasteiger partial charge in [-0.1, -0.05) is 6.92 Å². The van der Waals surface area contributed by atoms with Crippen LogP contribution in [0.25, 0.3) is 0 Å². The lowest BCUT2D eigenvalue weighted by molar-refractivity contribution is 0.218. The molecule has 86 valence electrons. The van der Waals surface area contributed by atoms with Crippen LogP contribution in [0.5, 0.6) is 0 Å². The third-order valence-electron chi connectivity index (χ3n) is 2.36. The molecule has 0 aliphatic carbocycles. The lowest BCUT2D eigenvalue weighted by Gasteiger charge is -2.05. The molecule has 0 aromatic carbocycles. The van der Waals surface area contributed by atoms with Crippen LogP contribution < -0.4 is 0 Å². The summed E-state index contributed by atoms with van der Waals surface area (Å²) in [6.45, 7) is 2.95. The molecule has 5 heteroatoms. The van der Waals surface area contributed by atoms with Crippen molar-refractivity contribution < 1.29 is 9.52 Å². The Morgan fingerprint density at radius 3 is 3.06 bits per heavy atom. The van der Waals surface area contributed by atoms with Crippen molar-refractivity contribution in [2.24, 2.45) is 0 Å². The van der Waals surface area contributed by atoms with Gasteiger partial charge in [0.15, 0.2) is 4.67 Å². The monoisotopic (exact) mass is 284 g/mol. The molecule has 1 unspecified atom stereocenters. The first-order valence-corrected chi connectivity index (χ1v) is 5.95. The van der Waals surface area contributed by atoms with E-state index >= 15 is 0 Å². The Labute approximate surface area is 102 Å². The van der Waals surface area contributed by atoms with Gasteiger partial charge in [-0.3, -0.25) is 4.68 Å². The number of aromatic nitrogens is 2. The van der Waals surface area contributed by atoms with E-state index in [0.717, 1.165) is 24.1 Å². The van der Waals surface area contributed by atoms with Crippen molar-refractivity contribution in [3.63, 3.8) is 0 Å². The van der Waals surface area contributed by atoms with Crippen LogP contribution in [0, 0.1) is 0 Å². The normalized spacial score (nSPS) is 12.9. The van der Waals surface area contributed by atoms with Crippen molar-refractivity contribution in [2.75, 3.05) is 0 Å². The van der Waals surface area contributed by atoms with Crippen LogP contribution >= 0.6 is 15.9 Å². The van der Waals surface area contributed by atoms with Crippen LogP contribution in [0.3, 0.4) is 0 Å². The number of rotatable bonds is 4. The number of aliphatic hydroxyl groups is 1. The molecule has 0 aliphatic rings. The average molecular weight is 285 g/mol. The zero-order chi connectivity index (χ0) is 11.5. The molecule has 0 aliphatic heterocycles. The molecule has 2 rings (SSSR count). The minimum absolute atomic E-state index is 0.559. The first kappa shape index (κ1) is 11.4. The summed E-state index contributed by atoms with van der Waals surface area (Å²) in [5, 5.41) is 14.3. The van der Waals surface area contributed by atoms with E-state index in [1.54, 1.807) is 18.5 Å². The number of aliphatic hydroxyl groups excluding tert-OH is 1. The van der Waals surface area contributed by atoms with E-state index in [1.807, 2.05) is 10.9 Å². The van der Waals surface area contributed by atoms with Gasteiger partial charge in [0.2, 0.25) is 0 Å². The molecule has 0 amide bonds. The summed E-state index contributed by atoms with van der Waals surface area (Å²) in [4.78, 5) is 0. The minimum atomic E-state index is -0.696. The number of halogens is 1.